The fraction of sp³-hybridized carbons (Fsp3) is 0.100. The highest BCUT2D eigenvalue weighted by molar-refractivity contribution is 7.10. The molecule has 8 aromatic rings. The maximum Gasteiger partial charge on any atom is 0.471 e. The molecule has 0 fully saturated rings. The summed E-state index contributed by atoms with van der Waals surface area (Å²) in [4.78, 5) is 38.6. The summed E-state index contributed by atoms with van der Waals surface area (Å²) in [5.74, 6) is -5.07. The van der Waals surface area contributed by atoms with Crippen LogP contribution in [0.5, 0.6) is 0 Å². The van der Waals surface area contributed by atoms with Crippen LogP contribution < -0.4 is 11.1 Å². The van der Waals surface area contributed by atoms with Gasteiger partial charge in [-0.05, 0) is 24.3 Å². The lowest BCUT2D eigenvalue weighted by molar-refractivity contribution is -0.160. The van der Waals surface area contributed by atoms with Crippen LogP contribution in [0.1, 0.15) is 42.5 Å². The van der Waals surface area contributed by atoms with E-state index in [0.29, 0.717) is 6.54 Å². The van der Waals surface area contributed by atoms with Crippen molar-refractivity contribution < 1.29 is 50.1 Å². The van der Waals surface area contributed by atoms with E-state index < -0.39 is 36.0 Å². The van der Waals surface area contributed by atoms with Gasteiger partial charge in [0.05, 0.1) is 23.5 Å². The summed E-state index contributed by atoms with van der Waals surface area (Å²) in [7, 11) is 0. The highest BCUT2D eigenvalue weighted by Crippen LogP contribution is 2.31. The number of nitrogens with zero attached hydrogens (tertiary/aromatic N) is 6. The van der Waals surface area contributed by atoms with Gasteiger partial charge in [-0.3, -0.25) is 4.79 Å². The topological polar surface area (TPSA) is 196 Å². The Balaban J connectivity index is 0.000000170. The molecule has 4 N–H and O–H groups in total. The van der Waals surface area contributed by atoms with Crippen LogP contribution in [0.2, 0.25) is 0 Å². The van der Waals surface area contributed by atoms with Gasteiger partial charge in [-0.2, -0.15) is 36.3 Å². The van der Waals surface area contributed by atoms with Crippen LogP contribution >= 0.6 is 22.7 Å². The normalized spacial score (nSPS) is 11.2. The standard InChI is InChI=1S/C20H13F3N4O2S.C10H5F3N2O3.C10H10N2S/c21-20(22,23)19-26-17(27-29-19)13-7-4-8-14(9-13)18(28)24-10-16-25-15(11-30-16)12-5-2-1-3-6-12;11-10(12,13)9-14-7(15-18-9)5-2-1-3-6(4-5)8(16)17;11-6-10-12-9(7-13-10)8-4-2-1-3-5-8/h1-9,11H,10H2,(H,24,28);1-4H,(H,16,17);1-5,7H,6,11H2. The lowest BCUT2D eigenvalue weighted by Crippen LogP contribution is -2.22. The first-order chi connectivity index (χ1) is 29.2. The van der Waals surface area contributed by atoms with E-state index in [1.165, 1.54) is 47.7 Å². The van der Waals surface area contributed by atoms with Gasteiger partial charge in [0.25, 0.3) is 5.91 Å². The number of amides is 1. The molecule has 0 aliphatic heterocycles. The van der Waals surface area contributed by atoms with Gasteiger partial charge >= 0.3 is 30.1 Å². The molecule has 0 radical (unpaired) electrons. The number of carboxylic acid groups (broad SMARTS) is 1. The van der Waals surface area contributed by atoms with Crippen molar-refractivity contribution in [1.29, 1.82) is 0 Å². The Morgan fingerprint density at radius 1 is 0.607 bits per heavy atom. The second-order valence-corrected chi connectivity index (χ2v) is 14.1. The number of halogens is 6. The smallest absolute Gasteiger partial charge is 0.471 e. The summed E-state index contributed by atoms with van der Waals surface area (Å²) in [6.45, 7) is 0.749. The molecule has 0 bridgehead atoms. The zero-order valence-corrected chi connectivity index (χ0v) is 32.5. The van der Waals surface area contributed by atoms with Gasteiger partial charge in [0.15, 0.2) is 0 Å². The molecule has 4 heterocycles. The molecule has 0 aliphatic carbocycles. The summed E-state index contributed by atoms with van der Waals surface area (Å²) in [6, 6.07) is 31.0. The minimum absolute atomic E-state index is 0.0779. The Hall–Kier alpha value is -7.10. The van der Waals surface area contributed by atoms with E-state index in [9.17, 15) is 35.9 Å². The molecule has 0 aliphatic rings. The first-order valence-electron chi connectivity index (χ1n) is 17.4. The number of thiazole rings is 2. The van der Waals surface area contributed by atoms with E-state index in [4.69, 9.17) is 10.8 Å². The first kappa shape index (κ1) is 43.5. The van der Waals surface area contributed by atoms with E-state index in [0.717, 1.165) is 38.6 Å². The monoisotopic (exact) mass is 878 g/mol. The first-order valence-corrected chi connectivity index (χ1v) is 19.2. The molecule has 8 rings (SSSR count). The maximum absolute atomic E-state index is 12.6. The zero-order chi connectivity index (χ0) is 43.6. The third-order valence-corrected chi connectivity index (χ3v) is 9.63. The van der Waals surface area contributed by atoms with Gasteiger partial charge in [-0.25, -0.2) is 14.8 Å². The molecule has 0 saturated heterocycles. The van der Waals surface area contributed by atoms with Crippen LogP contribution in [0.4, 0.5) is 26.3 Å². The van der Waals surface area contributed by atoms with Gasteiger partial charge in [0.1, 0.15) is 10.0 Å². The van der Waals surface area contributed by atoms with Crippen molar-refractivity contribution >= 4 is 34.6 Å². The molecule has 0 spiro atoms. The van der Waals surface area contributed by atoms with E-state index in [1.807, 2.05) is 59.3 Å². The lowest BCUT2D eigenvalue weighted by Gasteiger charge is -2.04. The number of carboxylic acids is 1. The van der Waals surface area contributed by atoms with Crippen LogP contribution in [0.25, 0.3) is 45.3 Å². The minimum atomic E-state index is -4.73. The number of nitrogens with two attached hydrogens (primary N) is 1. The SMILES string of the molecule is NCc1nc(-c2ccccc2)cs1.O=C(NCc1nc(-c2ccccc2)cs1)c1cccc(-c2noc(C(F)(F)F)n2)c1.O=C(O)c1cccc(-c2noc(C(F)(F)F)n2)c1. The van der Waals surface area contributed by atoms with Crippen molar-refractivity contribution in [1.82, 2.24) is 35.6 Å². The summed E-state index contributed by atoms with van der Waals surface area (Å²) >= 11 is 3.03. The number of rotatable bonds is 9. The van der Waals surface area contributed by atoms with Crippen molar-refractivity contribution in [2.45, 2.75) is 25.4 Å². The molecule has 21 heteroatoms. The number of aromatic nitrogens is 6. The van der Waals surface area contributed by atoms with E-state index in [2.05, 4.69) is 56.7 Å². The summed E-state index contributed by atoms with van der Waals surface area (Å²) < 4.78 is 82.9. The Kier molecular flexibility index (Phi) is 13.8. The predicted octanol–water partition coefficient (Wildman–Crippen LogP) is 9.53. The second kappa shape index (κ2) is 19.3. The molecule has 0 unspecified atom stereocenters. The molecule has 4 aromatic heterocycles. The van der Waals surface area contributed by atoms with E-state index in [1.54, 1.807) is 17.4 Å². The van der Waals surface area contributed by atoms with E-state index >= 15 is 0 Å². The largest absolute Gasteiger partial charge is 0.478 e. The quantitative estimate of drug-likeness (QED) is 0.116. The van der Waals surface area contributed by atoms with Crippen molar-refractivity contribution in [3.05, 3.63) is 153 Å². The maximum atomic E-state index is 12.6. The predicted molar refractivity (Wildman–Crippen MR) is 211 cm³/mol. The number of alkyl halides is 6. The zero-order valence-electron chi connectivity index (χ0n) is 30.9. The van der Waals surface area contributed by atoms with Crippen molar-refractivity contribution in [2.75, 3.05) is 0 Å². The molecular formula is C40H28F6N8O5S2. The molecular weight excluding hydrogens is 851 g/mol. The summed E-state index contributed by atoms with van der Waals surface area (Å²) in [6.07, 6.45) is -9.46. The van der Waals surface area contributed by atoms with Crippen LogP contribution in [0.3, 0.4) is 0 Å². The molecule has 0 atom stereocenters. The Morgan fingerprint density at radius 2 is 1.05 bits per heavy atom. The minimum Gasteiger partial charge on any atom is -0.478 e. The average molecular weight is 879 g/mol. The highest BCUT2D eigenvalue weighted by atomic mass is 32.1. The van der Waals surface area contributed by atoms with Crippen LogP contribution in [0.15, 0.2) is 129 Å². The van der Waals surface area contributed by atoms with Crippen molar-refractivity contribution in [3.63, 3.8) is 0 Å². The fourth-order valence-corrected chi connectivity index (χ4v) is 6.47. The Morgan fingerprint density at radius 3 is 1.49 bits per heavy atom. The average Bonchev–Trinajstić information content (AvgIpc) is 4.11. The van der Waals surface area contributed by atoms with Gasteiger partial charge in [-0.15, -0.1) is 22.7 Å². The molecule has 4 aromatic carbocycles. The van der Waals surface area contributed by atoms with E-state index in [-0.39, 0.29) is 40.4 Å². The van der Waals surface area contributed by atoms with Crippen LogP contribution in [-0.2, 0) is 25.4 Å². The second-order valence-electron chi connectivity index (χ2n) is 12.2. The molecule has 13 nitrogen and oxygen atoms in total. The number of carbonyl (C=O) groups is 2. The molecule has 61 heavy (non-hydrogen) atoms. The molecule has 0 saturated carbocycles. The van der Waals surface area contributed by atoms with Crippen molar-refractivity contribution in [2.24, 2.45) is 5.73 Å². The lowest BCUT2D eigenvalue weighted by atomic mass is 10.1. The number of benzene rings is 4. The Bertz CT molecular complexity index is 2700. The van der Waals surface area contributed by atoms with Crippen molar-refractivity contribution in [3.8, 4) is 45.3 Å². The van der Waals surface area contributed by atoms with Gasteiger partial charge in [-0.1, -0.05) is 95.2 Å². The molecule has 1 amide bonds. The highest BCUT2D eigenvalue weighted by Gasteiger charge is 2.39. The number of hydrogen-bond donors (Lipinski definition) is 3. The third kappa shape index (κ3) is 11.8. The van der Waals surface area contributed by atoms with Crippen LogP contribution in [0, 0.1) is 0 Å². The van der Waals surface area contributed by atoms with Gasteiger partial charge in [0.2, 0.25) is 11.6 Å². The Labute approximate surface area is 348 Å². The van der Waals surface area contributed by atoms with Gasteiger partial charge in [0, 0.05) is 45.1 Å². The number of aromatic carboxylic acids is 1. The molecule has 312 valence electrons. The number of hydrogen-bond acceptors (Lipinski definition) is 13. The van der Waals surface area contributed by atoms with Crippen LogP contribution in [-0.4, -0.2) is 47.2 Å². The number of nitrogens with one attached hydrogen (secondary N) is 1. The summed E-state index contributed by atoms with van der Waals surface area (Å²) in [5.41, 5.74) is 10.0. The number of carbonyl (C=O) groups excluding carboxylic acids is 1. The third-order valence-electron chi connectivity index (χ3n) is 7.91. The van der Waals surface area contributed by atoms with Gasteiger partial charge < -0.3 is 25.2 Å². The summed E-state index contributed by atoms with van der Waals surface area (Å²) in [5, 5.41) is 23.6. The fourth-order valence-electron chi connectivity index (χ4n) is 5.04.